The van der Waals surface area contributed by atoms with Gasteiger partial charge in [-0.3, -0.25) is 4.79 Å². The van der Waals surface area contributed by atoms with Crippen LogP contribution in [0.1, 0.15) is 36.7 Å². The van der Waals surface area contributed by atoms with Crippen LogP contribution in [0.25, 0.3) is 0 Å². The molecule has 0 aliphatic rings. The lowest BCUT2D eigenvalue weighted by atomic mass is 10.2. The average molecular weight is 470 g/mol. The Hall–Kier alpha value is -3.43. The van der Waals surface area contributed by atoms with E-state index in [9.17, 15) is 13.2 Å². The number of carbonyl (C=O) groups is 1. The van der Waals surface area contributed by atoms with Crippen LogP contribution in [0.5, 0.6) is 17.4 Å². The number of ether oxygens (including phenoxy) is 2. The Kier molecular flexibility index (Phi) is 8.02. The van der Waals surface area contributed by atoms with Crippen LogP contribution in [0.3, 0.4) is 0 Å². The SMILES string of the molecule is CCOc1ccc(Oc2cc(CNC(=O)c3ccc(S(=O)(=O)NC(C)C)cc3)ccn2)cc1. The fraction of sp³-hybridized carbons (Fsp3) is 0.250. The van der Waals surface area contributed by atoms with E-state index >= 15 is 0 Å². The van der Waals surface area contributed by atoms with E-state index in [1.165, 1.54) is 24.3 Å². The normalized spacial score (nSPS) is 11.3. The van der Waals surface area contributed by atoms with Gasteiger partial charge in [0.05, 0.1) is 11.5 Å². The number of amides is 1. The molecule has 0 aliphatic heterocycles. The lowest BCUT2D eigenvalue weighted by molar-refractivity contribution is 0.0950. The summed E-state index contributed by atoms with van der Waals surface area (Å²) in [6.45, 7) is 6.26. The van der Waals surface area contributed by atoms with Gasteiger partial charge in [-0.1, -0.05) is 0 Å². The maximum Gasteiger partial charge on any atom is 0.251 e. The second-order valence-electron chi connectivity index (χ2n) is 7.49. The van der Waals surface area contributed by atoms with Crippen LogP contribution >= 0.6 is 0 Å². The molecule has 0 bridgehead atoms. The Morgan fingerprint density at radius 2 is 1.67 bits per heavy atom. The van der Waals surface area contributed by atoms with Crippen molar-refractivity contribution in [2.75, 3.05) is 6.61 Å². The first-order valence-electron chi connectivity index (χ1n) is 10.5. The highest BCUT2D eigenvalue weighted by molar-refractivity contribution is 7.89. The molecule has 0 saturated carbocycles. The fourth-order valence-electron chi connectivity index (χ4n) is 2.96. The maximum absolute atomic E-state index is 12.5. The summed E-state index contributed by atoms with van der Waals surface area (Å²) in [7, 11) is -3.60. The molecular weight excluding hydrogens is 442 g/mol. The van der Waals surface area contributed by atoms with Crippen molar-refractivity contribution >= 4 is 15.9 Å². The minimum absolute atomic E-state index is 0.109. The van der Waals surface area contributed by atoms with Crippen molar-refractivity contribution in [2.45, 2.75) is 38.3 Å². The van der Waals surface area contributed by atoms with Gasteiger partial charge in [-0.2, -0.15) is 0 Å². The number of sulfonamides is 1. The first kappa shape index (κ1) is 24.2. The molecule has 0 unspecified atom stereocenters. The average Bonchev–Trinajstić information content (AvgIpc) is 2.78. The van der Waals surface area contributed by atoms with E-state index in [4.69, 9.17) is 9.47 Å². The zero-order valence-corrected chi connectivity index (χ0v) is 19.6. The van der Waals surface area contributed by atoms with Gasteiger partial charge in [-0.15, -0.1) is 0 Å². The number of carbonyl (C=O) groups excluding carboxylic acids is 1. The minimum atomic E-state index is -3.60. The molecule has 8 nitrogen and oxygen atoms in total. The number of hydrogen-bond donors (Lipinski definition) is 2. The number of benzene rings is 2. The van der Waals surface area contributed by atoms with Crippen LogP contribution in [-0.4, -0.2) is 32.0 Å². The van der Waals surface area contributed by atoms with Crippen LogP contribution in [0.4, 0.5) is 0 Å². The molecule has 1 heterocycles. The van der Waals surface area contributed by atoms with Crippen molar-refractivity contribution in [3.8, 4) is 17.4 Å². The molecule has 1 amide bonds. The van der Waals surface area contributed by atoms with Crippen molar-refractivity contribution in [2.24, 2.45) is 0 Å². The molecule has 0 atom stereocenters. The summed E-state index contributed by atoms with van der Waals surface area (Å²) < 4.78 is 38.1. The third kappa shape index (κ3) is 7.03. The topological polar surface area (TPSA) is 107 Å². The second-order valence-corrected chi connectivity index (χ2v) is 9.21. The van der Waals surface area contributed by atoms with Gasteiger partial charge >= 0.3 is 0 Å². The molecule has 1 aromatic heterocycles. The predicted molar refractivity (Wildman–Crippen MR) is 125 cm³/mol. The van der Waals surface area contributed by atoms with Crippen LogP contribution in [0.15, 0.2) is 71.8 Å². The largest absolute Gasteiger partial charge is 0.494 e. The fourth-order valence-corrected chi connectivity index (χ4v) is 4.21. The molecule has 3 rings (SSSR count). The van der Waals surface area contributed by atoms with Gasteiger partial charge in [-0.25, -0.2) is 18.1 Å². The molecule has 0 radical (unpaired) electrons. The van der Waals surface area contributed by atoms with E-state index in [2.05, 4.69) is 15.0 Å². The summed E-state index contributed by atoms with van der Waals surface area (Å²) in [5, 5.41) is 2.81. The minimum Gasteiger partial charge on any atom is -0.494 e. The zero-order valence-electron chi connectivity index (χ0n) is 18.7. The smallest absolute Gasteiger partial charge is 0.251 e. The summed E-state index contributed by atoms with van der Waals surface area (Å²) in [4.78, 5) is 16.8. The van der Waals surface area contributed by atoms with Gasteiger partial charge in [0.15, 0.2) is 0 Å². The quantitative estimate of drug-likeness (QED) is 0.467. The lowest BCUT2D eigenvalue weighted by Crippen LogP contribution is -2.30. The summed E-state index contributed by atoms with van der Waals surface area (Å²) in [5.74, 6) is 1.46. The van der Waals surface area contributed by atoms with Crippen molar-refractivity contribution < 1.29 is 22.7 Å². The molecule has 0 spiro atoms. The predicted octanol–water partition coefficient (Wildman–Crippen LogP) is 3.89. The number of nitrogens with zero attached hydrogens (tertiary/aromatic N) is 1. The van der Waals surface area contributed by atoms with Crippen LogP contribution in [0.2, 0.25) is 0 Å². The Labute approximate surface area is 194 Å². The molecule has 0 saturated heterocycles. The first-order valence-corrected chi connectivity index (χ1v) is 12.0. The maximum atomic E-state index is 12.5. The molecule has 2 aromatic carbocycles. The van der Waals surface area contributed by atoms with Crippen molar-refractivity contribution in [1.82, 2.24) is 15.0 Å². The second kappa shape index (κ2) is 10.9. The number of pyridine rings is 1. The highest BCUT2D eigenvalue weighted by atomic mass is 32.2. The van der Waals surface area contributed by atoms with Crippen molar-refractivity contribution in [3.05, 3.63) is 78.0 Å². The molecular formula is C24H27N3O5S. The van der Waals surface area contributed by atoms with Gasteiger partial charge in [-0.05, 0) is 80.9 Å². The first-order chi connectivity index (χ1) is 15.8. The number of hydrogen-bond acceptors (Lipinski definition) is 6. The molecule has 9 heteroatoms. The molecule has 174 valence electrons. The third-order valence-electron chi connectivity index (χ3n) is 4.43. The monoisotopic (exact) mass is 469 g/mol. The van der Waals surface area contributed by atoms with Gasteiger partial charge in [0, 0.05) is 30.4 Å². The Morgan fingerprint density at radius 3 is 2.30 bits per heavy atom. The van der Waals surface area contributed by atoms with Gasteiger partial charge in [0.2, 0.25) is 15.9 Å². The lowest BCUT2D eigenvalue weighted by Gasteiger charge is -2.11. The van der Waals surface area contributed by atoms with Crippen LogP contribution < -0.4 is 19.5 Å². The summed E-state index contributed by atoms with van der Waals surface area (Å²) >= 11 is 0. The van der Waals surface area contributed by atoms with Crippen molar-refractivity contribution in [3.63, 3.8) is 0 Å². The molecule has 33 heavy (non-hydrogen) atoms. The number of aromatic nitrogens is 1. The van der Waals surface area contributed by atoms with Gasteiger partial charge < -0.3 is 14.8 Å². The van der Waals surface area contributed by atoms with E-state index < -0.39 is 10.0 Å². The highest BCUT2D eigenvalue weighted by Crippen LogP contribution is 2.23. The van der Waals surface area contributed by atoms with Crippen LogP contribution in [0, 0.1) is 0 Å². The van der Waals surface area contributed by atoms with Crippen LogP contribution in [-0.2, 0) is 16.6 Å². The Morgan fingerprint density at radius 1 is 1.00 bits per heavy atom. The summed E-state index contributed by atoms with van der Waals surface area (Å²) in [6, 6.07) is 16.3. The zero-order chi connectivity index (χ0) is 23.8. The molecule has 2 N–H and O–H groups in total. The van der Waals surface area contributed by atoms with E-state index in [0.717, 1.165) is 11.3 Å². The Bertz CT molecular complexity index is 1180. The van der Waals surface area contributed by atoms with E-state index in [-0.39, 0.29) is 23.4 Å². The molecule has 0 aliphatic carbocycles. The third-order valence-corrected chi connectivity index (χ3v) is 6.10. The van der Waals surface area contributed by atoms with Gasteiger partial charge in [0.25, 0.3) is 5.91 Å². The highest BCUT2D eigenvalue weighted by Gasteiger charge is 2.16. The van der Waals surface area contributed by atoms with E-state index in [1.807, 2.05) is 19.1 Å². The summed E-state index contributed by atoms with van der Waals surface area (Å²) in [5.41, 5.74) is 1.16. The van der Waals surface area contributed by atoms with E-state index in [0.29, 0.717) is 23.8 Å². The molecule has 0 fully saturated rings. The standard InChI is InChI=1S/C24H27N3O5S/c1-4-31-20-7-9-21(10-8-20)32-23-15-18(13-14-25-23)16-26-24(28)19-5-11-22(12-6-19)33(29,30)27-17(2)3/h5-15,17,27H,4,16H2,1-3H3,(H,26,28). The molecule has 3 aromatic rings. The van der Waals surface area contributed by atoms with E-state index in [1.54, 1.807) is 44.3 Å². The van der Waals surface area contributed by atoms with Gasteiger partial charge in [0.1, 0.15) is 11.5 Å². The summed E-state index contributed by atoms with van der Waals surface area (Å²) in [6.07, 6.45) is 1.60. The number of rotatable bonds is 10. The Balaban J connectivity index is 1.59. The number of nitrogens with one attached hydrogen (secondary N) is 2. The van der Waals surface area contributed by atoms with Crippen molar-refractivity contribution in [1.29, 1.82) is 0 Å².